The molecule has 0 bridgehead atoms. The Labute approximate surface area is 155 Å². The van der Waals surface area contributed by atoms with Crippen molar-refractivity contribution >= 4 is 17.4 Å². The minimum atomic E-state index is -4.38. The number of alkyl halides is 3. The van der Waals surface area contributed by atoms with Gasteiger partial charge in [0.05, 0.1) is 12.0 Å². The highest BCUT2D eigenvalue weighted by Crippen LogP contribution is 2.29. The lowest BCUT2D eigenvalue weighted by Gasteiger charge is -2.33. The Hall–Kier alpha value is -2.77. The van der Waals surface area contributed by atoms with Gasteiger partial charge < -0.3 is 16.0 Å². The first-order valence-corrected chi connectivity index (χ1v) is 8.73. The zero-order valence-corrected chi connectivity index (χ0v) is 14.7. The van der Waals surface area contributed by atoms with Crippen molar-refractivity contribution in [2.75, 3.05) is 23.7 Å². The van der Waals surface area contributed by atoms with Gasteiger partial charge in [-0.3, -0.25) is 4.79 Å². The maximum atomic E-state index is 12.6. The summed E-state index contributed by atoms with van der Waals surface area (Å²) in [4.78, 5) is 18.0. The zero-order valence-electron chi connectivity index (χ0n) is 14.7. The minimum absolute atomic E-state index is 0.0501. The van der Waals surface area contributed by atoms with Crippen LogP contribution in [0.4, 0.5) is 24.7 Å². The highest BCUT2D eigenvalue weighted by Gasteiger charge is 2.31. The van der Waals surface area contributed by atoms with Crippen LogP contribution in [0.3, 0.4) is 0 Å². The number of nitrogens with two attached hydrogens (primary N) is 1. The van der Waals surface area contributed by atoms with Crippen LogP contribution in [-0.4, -0.2) is 30.0 Å². The summed E-state index contributed by atoms with van der Waals surface area (Å²) in [5.41, 5.74) is 6.43. The quantitative estimate of drug-likeness (QED) is 0.803. The van der Waals surface area contributed by atoms with Crippen LogP contribution >= 0.6 is 0 Å². The molecule has 144 valence electrons. The Morgan fingerprint density at radius 2 is 1.81 bits per heavy atom. The molecule has 0 radical (unpaired) electrons. The summed E-state index contributed by atoms with van der Waals surface area (Å²) in [6.45, 7) is 1.26. The third-order valence-electron chi connectivity index (χ3n) is 4.60. The van der Waals surface area contributed by atoms with E-state index in [1.165, 1.54) is 6.07 Å². The summed E-state index contributed by atoms with van der Waals surface area (Å²) >= 11 is 0. The van der Waals surface area contributed by atoms with E-state index in [0.29, 0.717) is 31.0 Å². The van der Waals surface area contributed by atoms with Gasteiger partial charge in [0.25, 0.3) is 0 Å². The van der Waals surface area contributed by atoms with Gasteiger partial charge in [0.1, 0.15) is 5.82 Å². The van der Waals surface area contributed by atoms with E-state index < -0.39 is 11.7 Å². The predicted molar refractivity (Wildman–Crippen MR) is 97.2 cm³/mol. The maximum Gasteiger partial charge on any atom is 0.417 e. The maximum absolute atomic E-state index is 12.6. The van der Waals surface area contributed by atoms with Crippen molar-refractivity contribution in [3.8, 4) is 0 Å². The van der Waals surface area contributed by atoms with E-state index >= 15 is 0 Å². The first-order chi connectivity index (χ1) is 12.8. The summed E-state index contributed by atoms with van der Waals surface area (Å²) in [6, 6.07) is 9.67. The average molecular weight is 378 g/mol. The Balaban J connectivity index is 1.48. The molecule has 1 amide bonds. The van der Waals surface area contributed by atoms with E-state index in [1.807, 2.05) is 17.0 Å². The van der Waals surface area contributed by atoms with Gasteiger partial charge in [0.15, 0.2) is 0 Å². The molecule has 0 spiro atoms. The molecule has 5 nitrogen and oxygen atoms in total. The molecule has 3 N–H and O–H groups in total. The summed E-state index contributed by atoms with van der Waals surface area (Å²) in [6.07, 6.45) is -1.80. The number of benzene rings is 1. The van der Waals surface area contributed by atoms with Crippen LogP contribution in [0.25, 0.3) is 0 Å². The second-order valence-electron chi connectivity index (χ2n) is 6.65. The molecular weight excluding hydrogens is 357 g/mol. The lowest BCUT2D eigenvalue weighted by Crippen LogP contribution is -2.45. The predicted octanol–water partition coefficient (Wildman–Crippen LogP) is 3.01. The zero-order chi connectivity index (χ0) is 19.4. The van der Waals surface area contributed by atoms with Gasteiger partial charge in [0.2, 0.25) is 5.91 Å². The lowest BCUT2D eigenvalue weighted by atomic mass is 10.0. The Morgan fingerprint density at radius 1 is 1.15 bits per heavy atom. The van der Waals surface area contributed by atoms with E-state index in [2.05, 4.69) is 10.3 Å². The number of anilines is 2. The third kappa shape index (κ3) is 5.12. The van der Waals surface area contributed by atoms with E-state index in [1.54, 1.807) is 12.1 Å². The number of carbonyl (C=O) groups is 1. The molecule has 1 aromatic carbocycles. The molecule has 0 saturated carbocycles. The van der Waals surface area contributed by atoms with Crippen LogP contribution in [0.5, 0.6) is 0 Å². The number of pyridine rings is 1. The van der Waals surface area contributed by atoms with Gasteiger partial charge in [-0.1, -0.05) is 12.1 Å². The number of hydrogen-bond donors (Lipinski definition) is 2. The highest BCUT2D eigenvalue weighted by molar-refractivity contribution is 5.79. The SMILES string of the molecule is Nc1ccc(CC(=O)NC2CCN(c3ccc(C(F)(F)F)cn3)CC2)cc1. The number of amides is 1. The number of nitrogens with zero attached hydrogens (tertiary/aromatic N) is 2. The van der Waals surface area contributed by atoms with E-state index in [0.717, 1.165) is 30.7 Å². The largest absolute Gasteiger partial charge is 0.417 e. The molecule has 1 aromatic heterocycles. The topological polar surface area (TPSA) is 71.2 Å². The van der Waals surface area contributed by atoms with Crippen molar-refractivity contribution in [2.45, 2.75) is 31.5 Å². The standard InChI is InChI=1S/C19H21F3N4O/c20-19(21,22)14-3-6-17(24-12-14)26-9-7-16(8-10-26)25-18(27)11-13-1-4-15(23)5-2-13/h1-6,12,16H,7-11,23H2,(H,25,27). The minimum Gasteiger partial charge on any atom is -0.399 e. The fourth-order valence-corrected chi connectivity index (χ4v) is 3.09. The molecule has 27 heavy (non-hydrogen) atoms. The smallest absolute Gasteiger partial charge is 0.399 e. The number of nitrogens with one attached hydrogen (secondary N) is 1. The van der Waals surface area contributed by atoms with Gasteiger partial charge in [-0.2, -0.15) is 13.2 Å². The van der Waals surface area contributed by atoms with Gasteiger partial charge >= 0.3 is 6.18 Å². The summed E-state index contributed by atoms with van der Waals surface area (Å²) < 4.78 is 37.8. The monoisotopic (exact) mass is 378 g/mol. The fraction of sp³-hybridized carbons (Fsp3) is 0.368. The van der Waals surface area contributed by atoms with Crippen LogP contribution in [0.2, 0.25) is 0 Å². The van der Waals surface area contributed by atoms with E-state index in [4.69, 9.17) is 5.73 Å². The summed E-state index contributed by atoms with van der Waals surface area (Å²) in [7, 11) is 0. The molecular formula is C19H21F3N4O. The van der Waals surface area contributed by atoms with Crippen LogP contribution in [-0.2, 0) is 17.4 Å². The molecule has 2 heterocycles. The molecule has 0 aliphatic carbocycles. The van der Waals surface area contributed by atoms with Crippen molar-refractivity contribution < 1.29 is 18.0 Å². The molecule has 1 fully saturated rings. The summed E-state index contributed by atoms with van der Waals surface area (Å²) in [5.74, 6) is 0.473. The average Bonchev–Trinajstić information content (AvgIpc) is 2.64. The first-order valence-electron chi connectivity index (χ1n) is 8.73. The fourth-order valence-electron chi connectivity index (χ4n) is 3.09. The van der Waals surface area contributed by atoms with Crippen molar-refractivity contribution in [1.29, 1.82) is 0 Å². The molecule has 1 aliphatic rings. The molecule has 2 aromatic rings. The number of piperidine rings is 1. The van der Waals surface area contributed by atoms with Gasteiger partial charge in [-0.15, -0.1) is 0 Å². The first kappa shape index (κ1) is 19.0. The number of halogens is 3. The molecule has 1 aliphatic heterocycles. The molecule has 0 atom stereocenters. The van der Waals surface area contributed by atoms with Gasteiger partial charge in [-0.25, -0.2) is 4.98 Å². The van der Waals surface area contributed by atoms with Crippen LogP contribution in [0.15, 0.2) is 42.6 Å². The van der Waals surface area contributed by atoms with Crippen molar-refractivity contribution in [3.63, 3.8) is 0 Å². The van der Waals surface area contributed by atoms with Gasteiger partial charge in [-0.05, 0) is 42.7 Å². The second kappa shape index (κ2) is 7.85. The number of hydrogen-bond acceptors (Lipinski definition) is 4. The van der Waals surface area contributed by atoms with Crippen molar-refractivity contribution in [2.24, 2.45) is 0 Å². The van der Waals surface area contributed by atoms with Gasteiger partial charge in [0, 0.05) is 31.0 Å². The van der Waals surface area contributed by atoms with Crippen molar-refractivity contribution in [3.05, 3.63) is 53.7 Å². The van der Waals surface area contributed by atoms with Crippen molar-refractivity contribution in [1.82, 2.24) is 10.3 Å². The number of rotatable bonds is 4. The second-order valence-corrected chi connectivity index (χ2v) is 6.65. The molecule has 3 rings (SSSR count). The molecule has 8 heteroatoms. The summed E-state index contributed by atoms with van der Waals surface area (Å²) in [5, 5.41) is 3.02. The van der Waals surface area contributed by atoms with E-state index in [9.17, 15) is 18.0 Å². The number of nitrogen functional groups attached to an aromatic ring is 1. The normalized spacial score (nSPS) is 15.6. The van der Waals surface area contributed by atoms with Crippen LogP contribution in [0, 0.1) is 0 Å². The Morgan fingerprint density at radius 3 is 2.37 bits per heavy atom. The van der Waals surface area contributed by atoms with Crippen LogP contribution in [0.1, 0.15) is 24.0 Å². The Bertz CT molecular complexity index is 767. The highest BCUT2D eigenvalue weighted by atomic mass is 19.4. The molecule has 0 unspecified atom stereocenters. The van der Waals surface area contributed by atoms with E-state index in [-0.39, 0.29) is 11.9 Å². The lowest BCUT2D eigenvalue weighted by molar-refractivity contribution is -0.137. The molecule has 1 saturated heterocycles. The Kier molecular flexibility index (Phi) is 5.53. The number of aromatic nitrogens is 1. The number of carbonyl (C=O) groups excluding carboxylic acids is 1. The van der Waals surface area contributed by atoms with Crippen LogP contribution < -0.4 is 16.0 Å². The third-order valence-corrected chi connectivity index (χ3v) is 4.60.